The van der Waals surface area contributed by atoms with Crippen molar-refractivity contribution in [3.8, 4) is 0 Å². The zero-order valence-electron chi connectivity index (χ0n) is 18.9. The zero-order chi connectivity index (χ0) is 23.6. The van der Waals surface area contributed by atoms with E-state index in [0.29, 0.717) is 37.3 Å². The molecule has 4 rings (SSSR count). The van der Waals surface area contributed by atoms with E-state index in [1.54, 1.807) is 43.6 Å². The van der Waals surface area contributed by atoms with E-state index in [2.05, 4.69) is 14.9 Å². The highest BCUT2D eigenvalue weighted by molar-refractivity contribution is 5.80. The highest BCUT2D eigenvalue weighted by atomic mass is 19.1. The van der Waals surface area contributed by atoms with Crippen molar-refractivity contribution in [1.29, 1.82) is 0 Å². The van der Waals surface area contributed by atoms with Crippen LogP contribution in [0.4, 0.5) is 10.1 Å². The Morgan fingerprint density at radius 1 is 1.12 bits per heavy atom. The van der Waals surface area contributed by atoms with E-state index in [1.807, 2.05) is 24.0 Å². The summed E-state index contributed by atoms with van der Waals surface area (Å²) in [6.45, 7) is 6.15. The average molecular weight is 450 g/mol. The molecule has 0 saturated carbocycles. The summed E-state index contributed by atoms with van der Waals surface area (Å²) in [5.41, 5.74) is 7.27. The Hall–Kier alpha value is -3.55. The highest BCUT2D eigenvalue weighted by Gasteiger charge is 2.41. The Morgan fingerprint density at radius 2 is 1.88 bits per heavy atom. The summed E-state index contributed by atoms with van der Waals surface area (Å²) in [6, 6.07) is 7.20. The molecule has 1 unspecified atom stereocenters. The van der Waals surface area contributed by atoms with E-state index in [1.165, 1.54) is 0 Å². The lowest BCUT2D eigenvalue weighted by Gasteiger charge is -2.36. The maximum absolute atomic E-state index is 16.8. The number of rotatable bonds is 5. The molecule has 2 amide bonds. The van der Waals surface area contributed by atoms with Crippen molar-refractivity contribution in [2.75, 3.05) is 31.1 Å². The first-order valence-electron chi connectivity index (χ1n) is 11.0. The second kappa shape index (κ2) is 9.13. The normalized spacial score (nSPS) is 20.8. The van der Waals surface area contributed by atoms with Gasteiger partial charge >= 0.3 is 0 Å². The lowest BCUT2D eigenvalue weighted by atomic mass is 9.77. The van der Waals surface area contributed by atoms with Crippen LogP contribution in [0.15, 0.2) is 54.4 Å². The molecule has 2 N–H and O–H groups in total. The minimum atomic E-state index is -1.90. The van der Waals surface area contributed by atoms with Crippen molar-refractivity contribution < 1.29 is 14.0 Å². The van der Waals surface area contributed by atoms with Crippen LogP contribution in [0.5, 0.6) is 0 Å². The van der Waals surface area contributed by atoms with E-state index < -0.39 is 11.6 Å². The summed E-state index contributed by atoms with van der Waals surface area (Å²) >= 11 is 0. The summed E-state index contributed by atoms with van der Waals surface area (Å²) in [7, 11) is 0. The standard InChI is InChI=1S/C25H28FN5O2/c1-17-13-20(7-8-28-17)22-5-3-19(14-24(27)33)15-25(22,26)23-6-4-21(16-29-23)31-11-9-30(10-12-31)18(2)32/h3-8,13,16H,9-12,14-15H2,1-2H3,(H2,27,33). The summed E-state index contributed by atoms with van der Waals surface area (Å²) in [4.78, 5) is 35.7. The molecule has 0 bridgehead atoms. The molecule has 8 heteroatoms. The Bertz CT molecular complexity index is 1120. The molecule has 33 heavy (non-hydrogen) atoms. The van der Waals surface area contributed by atoms with Crippen LogP contribution in [-0.2, 0) is 15.3 Å². The lowest BCUT2D eigenvalue weighted by Crippen LogP contribution is -2.48. The minimum Gasteiger partial charge on any atom is -0.369 e. The molecule has 1 aliphatic carbocycles. The van der Waals surface area contributed by atoms with Gasteiger partial charge in [-0.15, -0.1) is 0 Å². The predicted octanol–water partition coefficient (Wildman–Crippen LogP) is 2.91. The van der Waals surface area contributed by atoms with E-state index >= 15 is 4.39 Å². The van der Waals surface area contributed by atoms with E-state index in [0.717, 1.165) is 16.9 Å². The molecule has 0 spiro atoms. The van der Waals surface area contributed by atoms with Gasteiger partial charge in [0.2, 0.25) is 11.8 Å². The Kier molecular flexibility index (Phi) is 6.26. The highest BCUT2D eigenvalue weighted by Crippen LogP contribution is 2.47. The van der Waals surface area contributed by atoms with Gasteiger partial charge in [-0.2, -0.15) is 0 Å². The summed E-state index contributed by atoms with van der Waals surface area (Å²) in [5, 5.41) is 0. The summed E-state index contributed by atoms with van der Waals surface area (Å²) in [5.74, 6) is -0.418. The van der Waals surface area contributed by atoms with Gasteiger partial charge in [0.15, 0.2) is 5.67 Å². The number of anilines is 1. The predicted molar refractivity (Wildman–Crippen MR) is 125 cm³/mol. The molecular formula is C25H28FN5O2. The maximum Gasteiger partial charge on any atom is 0.221 e. The summed E-state index contributed by atoms with van der Waals surface area (Å²) < 4.78 is 16.8. The largest absolute Gasteiger partial charge is 0.369 e. The maximum atomic E-state index is 16.8. The number of amides is 2. The van der Waals surface area contributed by atoms with Crippen LogP contribution in [0.2, 0.25) is 0 Å². The topological polar surface area (TPSA) is 92.4 Å². The molecule has 1 fully saturated rings. The van der Waals surface area contributed by atoms with Crippen LogP contribution in [0.3, 0.4) is 0 Å². The third-order valence-corrected chi connectivity index (χ3v) is 6.24. The Labute approximate surface area is 192 Å². The molecule has 0 aromatic carbocycles. The number of nitrogens with zero attached hydrogens (tertiary/aromatic N) is 4. The number of allylic oxidation sites excluding steroid dienone is 3. The molecule has 172 valence electrons. The minimum absolute atomic E-state index is 0.00331. The van der Waals surface area contributed by atoms with Gasteiger partial charge in [-0.05, 0) is 36.8 Å². The van der Waals surface area contributed by atoms with Gasteiger partial charge in [-0.3, -0.25) is 19.6 Å². The molecule has 2 aliphatic rings. The van der Waals surface area contributed by atoms with Gasteiger partial charge in [-0.25, -0.2) is 4.39 Å². The van der Waals surface area contributed by atoms with Crippen molar-refractivity contribution in [3.05, 3.63) is 71.3 Å². The molecular weight excluding hydrogens is 421 g/mol. The molecule has 1 aliphatic heterocycles. The first-order chi connectivity index (χ1) is 15.8. The molecule has 1 atom stereocenters. The van der Waals surface area contributed by atoms with Crippen molar-refractivity contribution in [1.82, 2.24) is 14.9 Å². The number of aromatic nitrogens is 2. The Morgan fingerprint density at radius 3 is 2.48 bits per heavy atom. The van der Waals surface area contributed by atoms with Crippen LogP contribution in [0.25, 0.3) is 5.57 Å². The lowest BCUT2D eigenvalue weighted by molar-refractivity contribution is -0.129. The fourth-order valence-electron chi connectivity index (χ4n) is 4.50. The van der Waals surface area contributed by atoms with Gasteiger partial charge in [0.25, 0.3) is 0 Å². The fraction of sp³-hybridized carbons (Fsp3) is 0.360. The van der Waals surface area contributed by atoms with Gasteiger partial charge in [-0.1, -0.05) is 17.7 Å². The second-order valence-electron chi connectivity index (χ2n) is 8.61. The number of hydrogen-bond donors (Lipinski definition) is 1. The molecule has 7 nitrogen and oxygen atoms in total. The van der Waals surface area contributed by atoms with Crippen LogP contribution < -0.4 is 10.6 Å². The van der Waals surface area contributed by atoms with Gasteiger partial charge in [0.1, 0.15) is 0 Å². The number of hydrogen-bond acceptors (Lipinski definition) is 5. The zero-order valence-corrected chi connectivity index (χ0v) is 18.9. The van der Waals surface area contributed by atoms with Crippen molar-refractivity contribution in [2.45, 2.75) is 32.4 Å². The number of aryl methyl sites for hydroxylation is 1. The number of nitrogens with two attached hydrogens (primary N) is 1. The van der Waals surface area contributed by atoms with Crippen LogP contribution >= 0.6 is 0 Å². The van der Waals surface area contributed by atoms with Crippen molar-refractivity contribution in [3.63, 3.8) is 0 Å². The van der Waals surface area contributed by atoms with Gasteiger partial charge in [0.05, 0.1) is 17.6 Å². The third kappa shape index (κ3) is 4.79. The quantitative estimate of drug-likeness (QED) is 0.758. The second-order valence-corrected chi connectivity index (χ2v) is 8.61. The van der Waals surface area contributed by atoms with Crippen molar-refractivity contribution >= 4 is 23.1 Å². The number of alkyl halides is 1. The summed E-state index contributed by atoms with van der Waals surface area (Å²) in [6.07, 6.45) is 6.84. The molecule has 2 aromatic rings. The molecule has 1 saturated heterocycles. The average Bonchev–Trinajstić information content (AvgIpc) is 2.79. The number of piperazine rings is 1. The van der Waals surface area contributed by atoms with Gasteiger partial charge < -0.3 is 15.5 Å². The SMILES string of the molecule is CC(=O)N1CCN(c2ccc(C3(F)CC(CC(N)=O)=CC=C3c3ccnc(C)c3)nc2)CC1. The number of primary amides is 1. The number of pyridine rings is 2. The van der Waals surface area contributed by atoms with Crippen LogP contribution in [-0.4, -0.2) is 52.9 Å². The van der Waals surface area contributed by atoms with Gasteiger partial charge in [0, 0.05) is 63.4 Å². The fourth-order valence-corrected chi connectivity index (χ4v) is 4.50. The third-order valence-electron chi connectivity index (χ3n) is 6.24. The molecule has 3 heterocycles. The first kappa shape index (κ1) is 22.6. The van der Waals surface area contributed by atoms with E-state index in [4.69, 9.17) is 5.73 Å². The van der Waals surface area contributed by atoms with Crippen molar-refractivity contribution in [2.24, 2.45) is 5.73 Å². The first-order valence-corrected chi connectivity index (χ1v) is 11.0. The monoisotopic (exact) mass is 449 g/mol. The molecule has 0 radical (unpaired) electrons. The van der Waals surface area contributed by atoms with Crippen LogP contribution in [0.1, 0.15) is 36.7 Å². The van der Waals surface area contributed by atoms with E-state index in [-0.39, 0.29) is 24.4 Å². The number of carbonyl (C=O) groups is 2. The van der Waals surface area contributed by atoms with E-state index in [9.17, 15) is 9.59 Å². The Balaban J connectivity index is 1.63. The molecule has 2 aromatic heterocycles. The number of carbonyl (C=O) groups excluding carboxylic acids is 2. The van der Waals surface area contributed by atoms with Crippen LogP contribution in [0, 0.1) is 6.92 Å². The number of halogens is 1. The smallest absolute Gasteiger partial charge is 0.221 e.